The minimum atomic E-state index is -3.75. The zero-order chi connectivity index (χ0) is 19.7. The first kappa shape index (κ1) is 18.0. The van der Waals surface area contributed by atoms with E-state index < -0.39 is 10.0 Å². The molecule has 2 aromatic heterocycles. The summed E-state index contributed by atoms with van der Waals surface area (Å²) in [6.45, 7) is 3.73. The fourth-order valence-corrected chi connectivity index (χ4v) is 3.94. The molecule has 0 unspecified atom stereocenters. The van der Waals surface area contributed by atoms with E-state index in [-0.39, 0.29) is 10.7 Å². The average molecular weight is 394 g/mol. The van der Waals surface area contributed by atoms with Crippen molar-refractivity contribution >= 4 is 38.1 Å². The highest BCUT2D eigenvalue weighted by Crippen LogP contribution is 2.27. The van der Waals surface area contributed by atoms with Gasteiger partial charge in [0, 0.05) is 28.5 Å². The van der Waals surface area contributed by atoms with Crippen LogP contribution in [0.1, 0.15) is 11.1 Å². The lowest BCUT2D eigenvalue weighted by molar-refractivity contribution is 0.422. The highest BCUT2D eigenvalue weighted by atomic mass is 32.2. The minimum absolute atomic E-state index is 0.135. The maximum atomic E-state index is 12.5. The normalized spacial score (nSPS) is 11.5. The molecular formula is C20H18N4O3S. The van der Waals surface area contributed by atoms with E-state index in [0.717, 1.165) is 27.8 Å². The van der Waals surface area contributed by atoms with Crippen molar-refractivity contribution in [3.05, 3.63) is 72.1 Å². The second-order valence-corrected chi connectivity index (χ2v) is 8.11. The van der Waals surface area contributed by atoms with Crippen LogP contribution in [0.3, 0.4) is 0 Å². The second-order valence-electron chi connectivity index (χ2n) is 6.43. The van der Waals surface area contributed by atoms with E-state index in [1.807, 2.05) is 31.2 Å². The number of benzene rings is 2. The molecule has 8 heteroatoms. The third-order valence-electron chi connectivity index (χ3n) is 4.39. The molecule has 2 heterocycles. The number of nitrogens with zero attached hydrogens (tertiary/aromatic N) is 2. The van der Waals surface area contributed by atoms with Gasteiger partial charge in [0.15, 0.2) is 5.82 Å². The summed E-state index contributed by atoms with van der Waals surface area (Å²) in [5.41, 5.74) is 4.31. The fourth-order valence-electron chi connectivity index (χ4n) is 2.88. The quantitative estimate of drug-likeness (QED) is 0.521. The molecule has 0 bridgehead atoms. The summed E-state index contributed by atoms with van der Waals surface area (Å²) in [6, 6.07) is 14.4. The summed E-state index contributed by atoms with van der Waals surface area (Å²) in [5, 5.41) is 7.98. The number of hydrogen-bond acceptors (Lipinski definition) is 6. The number of aryl methyl sites for hydroxylation is 2. The van der Waals surface area contributed by atoms with Crippen molar-refractivity contribution in [2.24, 2.45) is 0 Å². The van der Waals surface area contributed by atoms with Crippen LogP contribution in [0.4, 0.5) is 17.2 Å². The van der Waals surface area contributed by atoms with Gasteiger partial charge in [0.05, 0.1) is 10.4 Å². The van der Waals surface area contributed by atoms with Crippen molar-refractivity contribution in [3.63, 3.8) is 0 Å². The van der Waals surface area contributed by atoms with Gasteiger partial charge < -0.3 is 9.84 Å². The first-order valence-corrected chi connectivity index (χ1v) is 10.1. The van der Waals surface area contributed by atoms with Gasteiger partial charge >= 0.3 is 0 Å². The largest absolute Gasteiger partial charge is 0.362 e. The summed E-state index contributed by atoms with van der Waals surface area (Å²) < 4.78 is 32.2. The van der Waals surface area contributed by atoms with E-state index >= 15 is 0 Å². The number of anilines is 3. The molecule has 28 heavy (non-hydrogen) atoms. The second kappa shape index (κ2) is 6.97. The number of sulfonamides is 1. The molecule has 142 valence electrons. The number of para-hydroxylation sites is 1. The summed E-state index contributed by atoms with van der Waals surface area (Å²) in [5.74, 6) is 0.181. The van der Waals surface area contributed by atoms with Crippen LogP contribution in [0.5, 0.6) is 0 Å². The van der Waals surface area contributed by atoms with Crippen LogP contribution in [-0.2, 0) is 10.0 Å². The topological polar surface area (TPSA) is 97.1 Å². The van der Waals surface area contributed by atoms with Crippen molar-refractivity contribution in [1.82, 2.24) is 10.1 Å². The van der Waals surface area contributed by atoms with Crippen LogP contribution in [-0.4, -0.2) is 18.6 Å². The van der Waals surface area contributed by atoms with Crippen molar-refractivity contribution in [3.8, 4) is 0 Å². The number of nitrogens with one attached hydrogen (secondary N) is 2. The van der Waals surface area contributed by atoms with Gasteiger partial charge in [-0.15, -0.1) is 0 Å². The summed E-state index contributed by atoms with van der Waals surface area (Å²) in [4.78, 5) is 4.57. The highest BCUT2D eigenvalue weighted by molar-refractivity contribution is 7.92. The van der Waals surface area contributed by atoms with Crippen LogP contribution in [0.15, 0.2) is 70.4 Å². The average Bonchev–Trinajstić information content (AvgIpc) is 3.07. The van der Waals surface area contributed by atoms with Gasteiger partial charge in [-0.1, -0.05) is 23.4 Å². The number of hydrogen-bond donors (Lipinski definition) is 2. The van der Waals surface area contributed by atoms with Gasteiger partial charge in [-0.3, -0.25) is 9.71 Å². The Bertz CT molecular complexity index is 1250. The van der Waals surface area contributed by atoms with Crippen molar-refractivity contribution in [1.29, 1.82) is 0 Å². The maximum absolute atomic E-state index is 12.5. The molecule has 2 aromatic carbocycles. The molecule has 4 aromatic rings. The number of aromatic nitrogens is 2. The molecule has 0 saturated carbocycles. The van der Waals surface area contributed by atoms with E-state index in [1.165, 1.54) is 18.4 Å². The summed E-state index contributed by atoms with van der Waals surface area (Å²) in [7, 11) is -3.75. The predicted octanol–water partition coefficient (Wildman–Crippen LogP) is 4.38. The first-order chi connectivity index (χ1) is 13.4. The molecule has 0 aliphatic carbocycles. The highest BCUT2D eigenvalue weighted by Gasteiger charge is 2.17. The zero-order valence-corrected chi connectivity index (χ0v) is 16.1. The lowest BCUT2D eigenvalue weighted by Crippen LogP contribution is -2.13. The molecule has 0 amide bonds. The van der Waals surface area contributed by atoms with Gasteiger partial charge in [0.1, 0.15) is 6.26 Å². The van der Waals surface area contributed by atoms with Crippen LogP contribution >= 0.6 is 0 Å². The van der Waals surface area contributed by atoms with Crippen molar-refractivity contribution in [2.45, 2.75) is 18.7 Å². The molecular weight excluding hydrogens is 376 g/mol. The van der Waals surface area contributed by atoms with Gasteiger partial charge in [-0.25, -0.2) is 8.42 Å². The molecule has 0 atom stereocenters. The minimum Gasteiger partial charge on any atom is -0.362 e. The van der Waals surface area contributed by atoms with Crippen molar-refractivity contribution < 1.29 is 12.9 Å². The Balaban J connectivity index is 1.59. The SMILES string of the molecule is Cc1conc1NS(=O)(=O)c1ccc(Nc2ccnc3c(C)cccc23)cc1. The summed E-state index contributed by atoms with van der Waals surface area (Å²) in [6.07, 6.45) is 3.13. The molecule has 0 fully saturated rings. The Labute approximate surface area is 162 Å². The standard InChI is InChI=1S/C20H18N4O3S/c1-13-4-3-5-17-18(10-11-21-19(13)17)22-15-6-8-16(9-7-15)28(25,26)24-20-14(2)12-27-23-20/h3-12H,1-2H3,(H,21,22)(H,23,24). The van der Waals surface area contributed by atoms with E-state index in [4.69, 9.17) is 4.52 Å². The number of rotatable bonds is 5. The number of pyridine rings is 1. The third kappa shape index (κ3) is 3.41. The third-order valence-corrected chi connectivity index (χ3v) is 5.75. The molecule has 2 N–H and O–H groups in total. The van der Waals surface area contributed by atoms with Gasteiger partial charge in [0.25, 0.3) is 10.0 Å². The zero-order valence-electron chi connectivity index (χ0n) is 15.3. The molecule has 0 saturated heterocycles. The first-order valence-electron chi connectivity index (χ1n) is 8.59. The molecule has 0 radical (unpaired) electrons. The maximum Gasteiger partial charge on any atom is 0.263 e. The van der Waals surface area contributed by atoms with Crippen LogP contribution in [0.2, 0.25) is 0 Å². The summed E-state index contributed by atoms with van der Waals surface area (Å²) >= 11 is 0. The van der Waals surface area contributed by atoms with Crippen LogP contribution < -0.4 is 10.0 Å². The van der Waals surface area contributed by atoms with Gasteiger partial charge in [0.2, 0.25) is 0 Å². The molecule has 7 nitrogen and oxygen atoms in total. The van der Waals surface area contributed by atoms with E-state index in [1.54, 1.807) is 25.3 Å². The number of fused-ring (bicyclic) bond motifs is 1. The van der Waals surface area contributed by atoms with Crippen molar-refractivity contribution in [2.75, 3.05) is 10.0 Å². The van der Waals surface area contributed by atoms with Crippen LogP contribution in [0.25, 0.3) is 10.9 Å². The van der Waals surface area contributed by atoms with Gasteiger partial charge in [-0.2, -0.15) is 0 Å². The Morgan fingerprint density at radius 1 is 0.964 bits per heavy atom. The Morgan fingerprint density at radius 3 is 2.46 bits per heavy atom. The Hall–Kier alpha value is -3.39. The van der Waals surface area contributed by atoms with Crippen LogP contribution in [0, 0.1) is 13.8 Å². The lowest BCUT2D eigenvalue weighted by atomic mass is 10.1. The molecule has 0 aliphatic heterocycles. The molecule has 4 rings (SSSR count). The Kier molecular flexibility index (Phi) is 4.48. The lowest BCUT2D eigenvalue weighted by Gasteiger charge is -2.11. The van der Waals surface area contributed by atoms with Gasteiger partial charge in [-0.05, 0) is 49.7 Å². The predicted molar refractivity (Wildman–Crippen MR) is 108 cm³/mol. The molecule has 0 spiro atoms. The fraction of sp³-hybridized carbons (Fsp3) is 0.100. The molecule has 0 aliphatic rings. The van der Waals surface area contributed by atoms with E-state index in [9.17, 15) is 8.42 Å². The smallest absolute Gasteiger partial charge is 0.263 e. The monoisotopic (exact) mass is 394 g/mol. The van der Waals surface area contributed by atoms with E-state index in [2.05, 4.69) is 20.2 Å². The van der Waals surface area contributed by atoms with E-state index in [0.29, 0.717) is 5.56 Å². The Morgan fingerprint density at radius 2 is 1.75 bits per heavy atom.